The molecule has 2 heterocycles. The predicted molar refractivity (Wildman–Crippen MR) is 92.1 cm³/mol. The second-order valence-electron chi connectivity index (χ2n) is 6.36. The summed E-state index contributed by atoms with van der Waals surface area (Å²) in [6.45, 7) is 1.73. The van der Waals surface area contributed by atoms with Crippen molar-refractivity contribution in [3.63, 3.8) is 0 Å². The average molecular weight is 372 g/mol. The molecule has 2 aliphatic rings. The smallest absolute Gasteiger partial charge is 0.325 e. The molecule has 0 aliphatic carbocycles. The van der Waals surface area contributed by atoms with E-state index in [0.29, 0.717) is 17.1 Å². The van der Waals surface area contributed by atoms with Gasteiger partial charge in [-0.05, 0) is 36.8 Å². The first-order chi connectivity index (χ1) is 13.0. The van der Waals surface area contributed by atoms with Crippen LogP contribution in [-0.4, -0.2) is 36.8 Å². The van der Waals surface area contributed by atoms with E-state index in [2.05, 4.69) is 5.32 Å². The number of benzene rings is 2. The van der Waals surface area contributed by atoms with E-state index < -0.39 is 23.3 Å². The highest BCUT2D eigenvalue weighted by atomic mass is 19.1. The number of ether oxygens (including phenoxy) is 3. The van der Waals surface area contributed by atoms with Gasteiger partial charge >= 0.3 is 6.03 Å². The van der Waals surface area contributed by atoms with Crippen molar-refractivity contribution in [2.75, 3.05) is 19.9 Å². The van der Waals surface area contributed by atoms with E-state index in [1.807, 2.05) is 0 Å². The molecular formula is C19H17FN2O5. The Labute approximate surface area is 154 Å². The molecule has 0 spiro atoms. The van der Waals surface area contributed by atoms with Crippen molar-refractivity contribution in [3.8, 4) is 17.2 Å². The molecule has 8 heteroatoms. The Morgan fingerprint density at radius 2 is 1.96 bits per heavy atom. The lowest BCUT2D eigenvalue weighted by Crippen LogP contribution is -2.41. The minimum absolute atomic E-state index is 0.000850. The summed E-state index contributed by atoms with van der Waals surface area (Å²) in [4.78, 5) is 26.3. The fourth-order valence-corrected chi connectivity index (χ4v) is 3.11. The van der Waals surface area contributed by atoms with Crippen molar-refractivity contribution in [1.29, 1.82) is 0 Å². The van der Waals surface area contributed by atoms with Gasteiger partial charge in [0.25, 0.3) is 5.91 Å². The van der Waals surface area contributed by atoms with Crippen LogP contribution in [0.5, 0.6) is 17.2 Å². The second kappa shape index (κ2) is 6.46. The van der Waals surface area contributed by atoms with E-state index in [1.54, 1.807) is 37.3 Å². The first-order valence-electron chi connectivity index (χ1n) is 8.40. The molecule has 27 heavy (non-hydrogen) atoms. The number of fused-ring (bicyclic) bond motifs is 1. The monoisotopic (exact) mass is 372 g/mol. The van der Waals surface area contributed by atoms with Crippen LogP contribution in [0.2, 0.25) is 0 Å². The van der Waals surface area contributed by atoms with Gasteiger partial charge in [-0.25, -0.2) is 9.18 Å². The highest BCUT2D eigenvalue weighted by Crippen LogP contribution is 2.37. The number of carbonyl (C=O) groups is 2. The fraction of sp³-hybridized carbons (Fsp3) is 0.263. The topological polar surface area (TPSA) is 77.1 Å². The van der Waals surface area contributed by atoms with Crippen LogP contribution in [0, 0.1) is 5.82 Å². The van der Waals surface area contributed by atoms with Gasteiger partial charge in [-0.1, -0.05) is 18.2 Å². The molecule has 1 unspecified atom stereocenters. The van der Waals surface area contributed by atoms with E-state index in [9.17, 15) is 14.0 Å². The third-order valence-electron chi connectivity index (χ3n) is 4.63. The Morgan fingerprint density at radius 1 is 1.19 bits per heavy atom. The van der Waals surface area contributed by atoms with Gasteiger partial charge in [0.15, 0.2) is 23.1 Å². The number of halogens is 1. The van der Waals surface area contributed by atoms with E-state index in [-0.39, 0.29) is 25.7 Å². The Hall–Kier alpha value is -3.29. The molecule has 0 bridgehead atoms. The van der Waals surface area contributed by atoms with Crippen molar-refractivity contribution in [1.82, 2.24) is 10.2 Å². The number of nitrogens with one attached hydrogen (secondary N) is 1. The Balaban J connectivity index is 1.47. The standard InChI is InChI=1S/C19H17FN2O5/c1-19(12-6-7-15-16(10-12)27-11-26-15)17(23)22(18(24)21-19)8-9-25-14-5-3-2-4-13(14)20/h2-7,10H,8-9,11H2,1H3,(H,21,24). The van der Waals surface area contributed by atoms with Crippen LogP contribution >= 0.6 is 0 Å². The summed E-state index contributed by atoms with van der Waals surface area (Å²) in [7, 11) is 0. The van der Waals surface area contributed by atoms with Gasteiger partial charge in [0.05, 0.1) is 6.54 Å². The van der Waals surface area contributed by atoms with Crippen LogP contribution in [0.1, 0.15) is 12.5 Å². The van der Waals surface area contributed by atoms with E-state index in [4.69, 9.17) is 14.2 Å². The minimum atomic E-state index is -1.23. The molecule has 0 radical (unpaired) electrons. The van der Waals surface area contributed by atoms with E-state index in [0.717, 1.165) is 4.90 Å². The number of para-hydroxylation sites is 1. The van der Waals surface area contributed by atoms with Crippen molar-refractivity contribution < 1.29 is 28.2 Å². The number of nitrogens with zero attached hydrogens (tertiary/aromatic N) is 1. The zero-order chi connectivity index (χ0) is 19.0. The molecule has 0 saturated carbocycles. The summed E-state index contributed by atoms with van der Waals surface area (Å²) in [5.74, 6) is 0.276. The first-order valence-corrected chi connectivity index (χ1v) is 8.40. The van der Waals surface area contributed by atoms with Crippen LogP contribution in [0.4, 0.5) is 9.18 Å². The molecular weight excluding hydrogens is 355 g/mol. The molecule has 140 valence electrons. The van der Waals surface area contributed by atoms with Gasteiger partial charge in [0.2, 0.25) is 6.79 Å². The van der Waals surface area contributed by atoms with Crippen molar-refractivity contribution in [3.05, 3.63) is 53.8 Å². The summed E-state index contributed by atoms with van der Waals surface area (Å²) >= 11 is 0. The van der Waals surface area contributed by atoms with Crippen molar-refractivity contribution >= 4 is 11.9 Å². The Bertz CT molecular complexity index is 919. The maximum absolute atomic E-state index is 13.6. The van der Waals surface area contributed by atoms with E-state index in [1.165, 1.54) is 12.1 Å². The van der Waals surface area contributed by atoms with Gasteiger partial charge in [-0.3, -0.25) is 9.69 Å². The maximum atomic E-state index is 13.6. The number of rotatable bonds is 5. The molecule has 2 aliphatic heterocycles. The van der Waals surface area contributed by atoms with E-state index >= 15 is 0 Å². The quantitative estimate of drug-likeness (QED) is 0.816. The highest BCUT2D eigenvalue weighted by Gasteiger charge is 2.49. The summed E-state index contributed by atoms with van der Waals surface area (Å²) in [5.41, 5.74) is -0.640. The summed E-state index contributed by atoms with van der Waals surface area (Å²) in [5, 5.41) is 2.71. The highest BCUT2D eigenvalue weighted by molar-refractivity contribution is 6.07. The molecule has 2 aromatic rings. The molecule has 3 amide bonds. The third kappa shape index (κ3) is 2.92. The van der Waals surface area contributed by atoms with Gasteiger partial charge in [-0.15, -0.1) is 0 Å². The summed E-state index contributed by atoms with van der Waals surface area (Å²) < 4.78 is 29.5. The number of imide groups is 1. The average Bonchev–Trinajstić information content (AvgIpc) is 3.21. The Morgan fingerprint density at radius 3 is 2.78 bits per heavy atom. The van der Waals surface area contributed by atoms with Gasteiger partial charge in [0.1, 0.15) is 12.1 Å². The zero-order valence-electron chi connectivity index (χ0n) is 14.5. The van der Waals surface area contributed by atoms with Gasteiger partial charge in [-0.2, -0.15) is 0 Å². The van der Waals surface area contributed by atoms with Gasteiger partial charge in [0, 0.05) is 0 Å². The normalized spacial score (nSPS) is 20.7. The maximum Gasteiger partial charge on any atom is 0.325 e. The molecule has 1 fully saturated rings. The second-order valence-corrected chi connectivity index (χ2v) is 6.36. The lowest BCUT2D eigenvalue weighted by molar-refractivity contribution is -0.131. The number of hydrogen-bond acceptors (Lipinski definition) is 5. The fourth-order valence-electron chi connectivity index (χ4n) is 3.11. The molecule has 0 aromatic heterocycles. The number of amides is 3. The molecule has 1 atom stereocenters. The molecule has 7 nitrogen and oxygen atoms in total. The third-order valence-corrected chi connectivity index (χ3v) is 4.63. The summed E-state index contributed by atoms with van der Waals surface area (Å²) in [6.07, 6.45) is 0. The molecule has 1 saturated heterocycles. The number of urea groups is 1. The number of carbonyl (C=O) groups excluding carboxylic acids is 2. The van der Waals surface area contributed by atoms with Crippen molar-refractivity contribution in [2.24, 2.45) is 0 Å². The number of hydrogen-bond donors (Lipinski definition) is 1. The van der Waals surface area contributed by atoms with Gasteiger partial charge < -0.3 is 19.5 Å². The lowest BCUT2D eigenvalue weighted by Gasteiger charge is -2.22. The van der Waals surface area contributed by atoms with Crippen molar-refractivity contribution in [2.45, 2.75) is 12.5 Å². The lowest BCUT2D eigenvalue weighted by atomic mass is 9.91. The zero-order valence-corrected chi connectivity index (χ0v) is 14.5. The van der Waals surface area contributed by atoms with Crippen LogP contribution in [0.25, 0.3) is 0 Å². The Kier molecular flexibility index (Phi) is 4.10. The van der Waals surface area contributed by atoms with Crippen LogP contribution in [0.3, 0.4) is 0 Å². The SMILES string of the molecule is CC1(c2ccc3c(c2)OCO3)NC(=O)N(CCOc2ccccc2F)C1=O. The summed E-state index contributed by atoms with van der Waals surface area (Å²) in [6, 6.07) is 10.5. The first kappa shape index (κ1) is 17.1. The largest absolute Gasteiger partial charge is 0.489 e. The molecule has 1 N–H and O–H groups in total. The predicted octanol–water partition coefficient (Wildman–Crippen LogP) is 2.40. The van der Waals surface area contributed by atoms with Crippen LogP contribution in [0.15, 0.2) is 42.5 Å². The van der Waals surface area contributed by atoms with Crippen LogP contribution < -0.4 is 19.5 Å². The molecule has 4 rings (SSSR count). The molecule has 2 aromatic carbocycles. The minimum Gasteiger partial charge on any atom is -0.489 e. The van der Waals surface area contributed by atoms with Crippen LogP contribution in [-0.2, 0) is 10.3 Å².